The zero-order valence-electron chi connectivity index (χ0n) is 12.6. The van der Waals surface area contributed by atoms with E-state index in [0.29, 0.717) is 0 Å². The third-order valence-corrected chi connectivity index (χ3v) is 6.42. The molecule has 0 radical (unpaired) electrons. The average molecular weight is 279 g/mol. The zero-order valence-corrected chi connectivity index (χ0v) is 12.6. The van der Waals surface area contributed by atoms with Gasteiger partial charge in [0.2, 0.25) is 0 Å². The third kappa shape index (κ3) is 2.53. The van der Waals surface area contributed by atoms with Gasteiger partial charge in [-0.15, -0.1) is 0 Å². The van der Waals surface area contributed by atoms with Crippen molar-refractivity contribution in [2.24, 2.45) is 17.8 Å². The lowest BCUT2D eigenvalue weighted by Crippen LogP contribution is -2.64. The fraction of sp³-hybridized carbons (Fsp3) is 1.00. The quantitative estimate of drug-likeness (QED) is 0.830. The predicted octanol–water partition coefficient (Wildman–Crippen LogP) is 2.48. The van der Waals surface area contributed by atoms with Crippen molar-refractivity contribution < 1.29 is 9.84 Å². The van der Waals surface area contributed by atoms with Gasteiger partial charge >= 0.3 is 0 Å². The Hall–Kier alpha value is -0.120. The van der Waals surface area contributed by atoms with Crippen molar-refractivity contribution in [2.75, 3.05) is 19.8 Å². The van der Waals surface area contributed by atoms with Crippen LogP contribution in [0.1, 0.15) is 57.8 Å². The monoisotopic (exact) mass is 279 g/mol. The molecule has 4 aliphatic carbocycles. The molecule has 2 atom stereocenters. The molecular weight excluding hydrogens is 250 g/mol. The van der Waals surface area contributed by atoms with Crippen LogP contribution in [-0.2, 0) is 4.74 Å². The standard InChI is InChI=1S/C17H29NO2/c19-17-10-14-7-15(11-17)9-16(8-14,12-17)18-4-1-13-2-5-20-6-3-13/h13-15,18-19H,1-12H2. The molecule has 0 aromatic rings. The minimum Gasteiger partial charge on any atom is -0.390 e. The molecule has 0 aromatic carbocycles. The summed E-state index contributed by atoms with van der Waals surface area (Å²) in [4.78, 5) is 0. The highest BCUT2D eigenvalue weighted by Gasteiger charge is 2.56. The van der Waals surface area contributed by atoms with Crippen LogP contribution in [0.5, 0.6) is 0 Å². The molecule has 1 saturated heterocycles. The minimum absolute atomic E-state index is 0.282. The first-order valence-corrected chi connectivity index (χ1v) is 8.70. The first-order chi connectivity index (χ1) is 9.65. The van der Waals surface area contributed by atoms with E-state index in [4.69, 9.17) is 4.74 Å². The number of nitrogens with one attached hydrogen (secondary N) is 1. The van der Waals surface area contributed by atoms with E-state index in [9.17, 15) is 5.11 Å². The number of ether oxygens (including phenoxy) is 1. The van der Waals surface area contributed by atoms with Gasteiger partial charge in [-0.2, -0.15) is 0 Å². The molecule has 5 fully saturated rings. The summed E-state index contributed by atoms with van der Waals surface area (Å²) in [7, 11) is 0. The molecule has 20 heavy (non-hydrogen) atoms. The van der Waals surface area contributed by atoms with Gasteiger partial charge in [0.05, 0.1) is 5.60 Å². The lowest BCUT2D eigenvalue weighted by Gasteiger charge is -2.60. The highest BCUT2D eigenvalue weighted by Crippen LogP contribution is 2.57. The molecule has 4 saturated carbocycles. The number of rotatable bonds is 4. The maximum absolute atomic E-state index is 10.8. The molecule has 2 unspecified atom stereocenters. The molecule has 2 N–H and O–H groups in total. The van der Waals surface area contributed by atoms with E-state index in [-0.39, 0.29) is 11.1 Å². The van der Waals surface area contributed by atoms with Gasteiger partial charge in [-0.25, -0.2) is 0 Å². The summed E-state index contributed by atoms with van der Waals surface area (Å²) < 4.78 is 5.44. The first-order valence-electron chi connectivity index (χ1n) is 8.70. The molecule has 1 aliphatic heterocycles. The molecule has 1 heterocycles. The maximum atomic E-state index is 10.8. The van der Waals surface area contributed by atoms with Crippen molar-refractivity contribution >= 4 is 0 Å². The minimum atomic E-state index is -0.324. The Kier molecular flexibility index (Phi) is 3.36. The van der Waals surface area contributed by atoms with E-state index in [1.807, 2.05) is 0 Å². The van der Waals surface area contributed by atoms with Crippen LogP contribution in [0.25, 0.3) is 0 Å². The Morgan fingerprint density at radius 2 is 1.75 bits per heavy atom. The van der Waals surface area contributed by atoms with Gasteiger partial charge in [-0.05, 0) is 82.1 Å². The van der Waals surface area contributed by atoms with Crippen LogP contribution in [0, 0.1) is 17.8 Å². The Morgan fingerprint density at radius 1 is 1.05 bits per heavy atom. The summed E-state index contributed by atoms with van der Waals surface area (Å²) in [6.45, 7) is 3.06. The smallest absolute Gasteiger partial charge is 0.0670 e. The number of aliphatic hydroxyl groups is 1. The van der Waals surface area contributed by atoms with Crippen molar-refractivity contribution in [3.8, 4) is 0 Å². The Labute approximate surface area is 122 Å². The normalized spacial score (nSPS) is 47.9. The molecule has 114 valence electrons. The molecule has 0 amide bonds. The van der Waals surface area contributed by atoms with Crippen LogP contribution in [0.4, 0.5) is 0 Å². The lowest BCUT2D eigenvalue weighted by atomic mass is 9.51. The van der Waals surface area contributed by atoms with E-state index in [0.717, 1.165) is 56.8 Å². The van der Waals surface area contributed by atoms with Crippen LogP contribution >= 0.6 is 0 Å². The molecule has 0 spiro atoms. The number of hydrogen-bond acceptors (Lipinski definition) is 3. The van der Waals surface area contributed by atoms with Gasteiger partial charge < -0.3 is 15.2 Å². The van der Waals surface area contributed by atoms with Crippen LogP contribution in [0.15, 0.2) is 0 Å². The highest BCUT2D eigenvalue weighted by molar-refractivity contribution is 5.12. The van der Waals surface area contributed by atoms with E-state index in [1.165, 1.54) is 38.5 Å². The van der Waals surface area contributed by atoms with Crippen molar-refractivity contribution in [1.82, 2.24) is 5.32 Å². The Morgan fingerprint density at radius 3 is 2.40 bits per heavy atom. The SMILES string of the molecule is OC12CC3CC(C1)CC(NCCC1CCOCC1)(C3)C2. The number of hydrogen-bond donors (Lipinski definition) is 2. The lowest BCUT2D eigenvalue weighted by molar-refractivity contribution is -0.142. The van der Waals surface area contributed by atoms with Gasteiger partial charge in [0.1, 0.15) is 0 Å². The Balaban J connectivity index is 1.34. The average Bonchev–Trinajstić information content (AvgIpc) is 2.36. The largest absolute Gasteiger partial charge is 0.390 e. The van der Waals surface area contributed by atoms with Crippen molar-refractivity contribution in [3.05, 3.63) is 0 Å². The molecule has 4 bridgehead atoms. The van der Waals surface area contributed by atoms with Crippen LogP contribution in [-0.4, -0.2) is 36.0 Å². The molecule has 3 heteroatoms. The van der Waals surface area contributed by atoms with Crippen LogP contribution in [0.3, 0.4) is 0 Å². The van der Waals surface area contributed by atoms with Crippen molar-refractivity contribution in [2.45, 2.75) is 68.9 Å². The Bertz CT molecular complexity index is 350. The van der Waals surface area contributed by atoms with E-state index in [1.54, 1.807) is 0 Å². The van der Waals surface area contributed by atoms with Crippen molar-refractivity contribution in [3.63, 3.8) is 0 Å². The summed E-state index contributed by atoms with van der Waals surface area (Å²) >= 11 is 0. The van der Waals surface area contributed by atoms with Crippen LogP contribution < -0.4 is 5.32 Å². The zero-order chi connectivity index (χ0) is 13.6. The second kappa shape index (κ2) is 4.96. The molecule has 5 rings (SSSR count). The summed E-state index contributed by atoms with van der Waals surface area (Å²) in [6, 6.07) is 0. The summed E-state index contributed by atoms with van der Waals surface area (Å²) in [5.41, 5.74) is -0.0419. The summed E-state index contributed by atoms with van der Waals surface area (Å²) in [5.74, 6) is 2.43. The molecular formula is C17H29NO2. The molecule has 3 nitrogen and oxygen atoms in total. The molecule has 0 aromatic heterocycles. The van der Waals surface area contributed by atoms with E-state index in [2.05, 4.69) is 5.32 Å². The third-order valence-electron chi connectivity index (χ3n) is 6.42. The fourth-order valence-corrected chi connectivity index (χ4v) is 6.00. The first kappa shape index (κ1) is 13.5. The summed E-state index contributed by atoms with van der Waals surface area (Å²) in [5, 5.41) is 14.7. The van der Waals surface area contributed by atoms with Gasteiger partial charge in [0, 0.05) is 18.8 Å². The topological polar surface area (TPSA) is 41.5 Å². The van der Waals surface area contributed by atoms with E-state index < -0.39 is 0 Å². The fourth-order valence-electron chi connectivity index (χ4n) is 6.00. The summed E-state index contributed by atoms with van der Waals surface area (Å²) in [6.07, 6.45) is 11.0. The second-order valence-corrected chi connectivity index (χ2v) is 8.24. The van der Waals surface area contributed by atoms with Gasteiger partial charge in [0.25, 0.3) is 0 Å². The van der Waals surface area contributed by atoms with Gasteiger partial charge in [-0.3, -0.25) is 0 Å². The van der Waals surface area contributed by atoms with Gasteiger partial charge in [-0.1, -0.05) is 0 Å². The highest BCUT2D eigenvalue weighted by atomic mass is 16.5. The van der Waals surface area contributed by atoms with Crippen molar-refractivity contribution in [1.29, 1.82) is 0 Å². The molecule has 5 aliphatic rings. The van der Waals surface area contributed by atoms with E-state index >= 15 is 0 Å². The second-order valence-electron chi connectivity index (χ2n) is 8.24. The van der Waals surface area contributed by atoms with Gasteiger partial charge in [0.15, 0.2) is 0 Å². The van der Waals surface area contributed by atoms with Crippen LogP contribution in [0.2, 0.25) is 0 Å². The predicted molar refractivity (Wildman–Crippen MR) is 78.5 cm³/mol. The maximum Gasteiger partial charge on any atom is 0.0670 e.